The number of carbonyl (C=O) groups is 1. The van der Waals surface area contributed by atoms with Crippen molar-refractivity contribution in [3.63, 3.8) is 0 Å². The largest absolute Gasteiger partial charge is 0.494 e. The van der Waals surface area contributed by atoms with Crippen LogP contribution in [0.15, 0.2) is 42.7 Å². The average molecular weight is 306 g/mol. The van der Waals surface area contributed by atoms with Gasteiger partial charge in [-0.05, 0) is 30.2 Å². The number of aromatic nitrogens is 1. The number of rotatable bonds is 6. The van der Waals surface area contributed by atoms with Crippen LogP contribution in [-0.2, 0) is 4.74 Å². The zero-order valence-electron chi connectivity index (χ0n) is 11.7. The minimum Gasteiger partial charge on any atom is -0.494 e. The Morgan fingerprint density at radius 2 is 2.00 bits per heavy atom. The first-order valence-corrected chi connectivity index (χ1v) is 7.11. The van der Waals surface area contributed by atoms with Gasteiger partial charge in [-0.15, -0.1) is 11.6 Å². The summed E-state index contributed by atoms with van der Waals surface area (Å²) < 4.78 is 10.3. The maximum absolute atomic E-state index is 11.8. The summed E-state index contributed by atoms with van der Waals surface area (Å²) in [5, 5.41) is 0. The van der Waals surface area contributed by atoms with Crippen LogP contribution in [0.5, 0.6) is 5.75 Å². The summed E-state index contributed by atoms with van der Waals surface area (Å²) in [5.41, 5.74) is 2.10. The first-order valence-electron chi connectivity index (χ1n) is 6.58. The van der Waals surface area contributed by atoms with Crippen LogP contribution in [0.25, 0.3) is 11.1 Å². The van der Waals surface area contributed by atoms with Crippen molar-refractivity contribution < 1.29 is 14.3 Å². The average Bonchev–Trinajstić information content (AvgIpc) is 2.55. The van der Waals surface area contributed by atoms with E-state index in [9.17, 15) is 4.79 Å². The number of methoxy groups -OCH3 is 1. The summed E-state index contributed by atoms with van der Waals surface area (Å²) in [6.07, 6.45) is 4.02. The summed E-state index contributed by atoms with van der Waals surface area (Å²) in [6.45, 7) is 0.586. The van der Waals surface area contributed by atoms with E-state index in [1.165, 1.54) is 7.11 Å². The number of hydrogen-bond acceptors (Lipinski definition) is 4. The van der Waals surface area contributed by atoms with E-state index in [-0.39, 0.29) is 5.97 Å². The van der Waals surface area contributed by atoms with Crippen molar-refractivity contribution in [1.82, 2.24) is 4.98 Å². The highest BCUT2D eigenvalue weighted by Crippen LogP contribution is 2.25. The topological polar surface area (TPSA) is 48.4 Å². The molecule has 4 nitrogen and oxygen atoms in total. The van der Waals surface area contributed by atoms with Gasteiger partial charge in [-0.2, -0.15) is 0 Å². The van der Waals surface area contributed by atoms with Gasteiger partial charge < -0.3 is 9.47 Å². The van der Waals surface area contributed by atoms with E-state index in [0.29, 0.717) is 18.1 Å². The number of nitrogens with zero attached hydrogens (tertiary/aromatic N) is 1. The lowest BCUT2D eigenvalue weighted by molar-refractivity contribution is 0.0601. The van der Waals surface area contributed by atoms with Crippen LogP contribution in [0, 0.1) is 0 Å². The molecule has 0 unspecified atom stereocenters. The second kappa shape index (κ2) is 7.64. The first-order chi connectivity index (χ1) is 10.3. The number of halogens is 1. The van der Waals surface area contributed by atoms with E-state index in [2.05, 4.69) is 4.98 Å². The molecule has 0 saturated carbocycles. The molecule has 110 valence electrons. The molecule has 21 heavy (non-hydrogen) atoms. The fraction of sp³-hybridized carbons (Fsp3) is 0.250. The molecule has 0 aliphatic carbocycles. The molecular formula is C16H16ClNO3. The lowest BCUT2D eigenvalue weighted by Gasteiger charge is -2.09. The Hall–Kier alpha value is -2.07. The highest BCUT2D eigenvalue weighted by Gasteiger charge is 2.13. The second-order valence-corrected chi connectivity index (χ2v) is 4.71. The maximum atomic E-state index is 11.8. The standard InChI is InChI=1S/C16H16ClNO3/c1-20-16(19)14-7-9-18-11-15(14)12-3-5-13(6-4-12)21-10-2-8-17/h3-7,9,11H,2,8,10H2,1H3. The monoisotopic (exact) mass is 305 g/mol. The molecule has 0 amide bonds. The smallest absolute Gasteiger partial charge is 0.338 e. The van der Waals surface area contributed by atoms with Gasteiger partial charge in [0.2, 0.25) is 0 Å². The third-order valence-electron chi connectivity index (χ3n) is 2.94. The van der Waals surface area contributed by atoms with Crippen LogP contribution >= 0.6 is 11.6 Å². The van der Waals surface area contributed by atoms with Gasteiger partial charge in [0.1, 0.15) is 5.75 Å². The molecule has 1 heterocycles. The number of benzene rings is 1. The van der Waals surface area contributed by atoms with Crippen molar-refractivity contribution in [3.8, 4) is 16.9 Å². The summed E-state index contributed by atoms with van der Waals surface area (Å²) in [6, 6.07) is 9.14. The Bertz CT molecular complexity index is 599. The number of carbonyl (C=O) groups excluding carboxylic acids is 1. The predicted molar refractivity (Wildman–Crippen MR) is 81.8 cm³/mol. The molecule has 0 bridgehead atoms. The Balaban J connectivity index is 2.21. The molecule has 0 fully saturated rings. The van der Waals surface area contributed by atoms with Gasteiger partial charge in [-0.3, -0.25) is 4.98 Å². The Labute approximate surface area is 128 Å². The van der Waals surface area contributed by atoms with Gasteiger partial charge in [0.05, 0.1) is 19.3 Å². The number of ether oxygens (including phenoxy) is 2. The SMILES string of the molecule is COC(=O)c1ccncc1-c1ccc(OCCCCl)cc1. The normalized spacial score (nSPS) is 10.2. The Morgan fingerprint density at radius 3 is 2.67 bits per heavy atom. The van der Waals surface area contributed by atoms with Crippen LogP contribution in [0.4, 0.5) is 0 Å². The molecule has 0 spiro atoms. The summed E-state index contributed by atoms with van der Waals surface area (Å²) in [5.74, 6) is 0.971. The van der Waals surface area contributed by atoms with Crippen LogP contribution in [0.2, 0.25) is 0 Å². The van der Waals surface area contributed by atoms with E-state index in [4.69, 9.17) is 21.1 Å². The second-order valence-electron chi connectivity index (χ2n) is 4.33. The predicted octanol–water partition coefficient (Wildman–Crippen LogP) is 3.54. The van der Waals surface area contributed by atoms with Gasteiger partial charge in [-0.1, -0.05) is 12.1 Å². The summed E-state index contributed by atoms with van der Waals surface area (Å²) >= 11 is 5.60. The van der Waals surface area contributed by atoms with Crippen LogP contribution in [0.3, 0.4) is 0 Å². The summed E-state index contributed by atoms with van der Waals surface area (Å²) in [4.78, 5) is 15.8. The fourth-order valence-corrected chi connectivity index (χ4v) is 2.00. The fourth-order valence-electron chi connectivity index (χ4n) is 1.89. The molecule has 0 atom stereocenters. The molecule has 0 saturated heterocycles. The van der Waals surface area contributed by atoms with E-state index < -0.39 is 0 Å². The molecule has 1 aromatic carbocycles. The molecule has 0 radical (unpaired) electrons. The zero-order valence-corrected chi connectivity index (χ0v) is 12.5. The van der Waals surface area contributed by atoms with Gasteiger partial charge >= 0.3 is 5.97 Å². The molecule has 0 N–H and O–H groups in total. The number of pyridine rings is 1. The van der Waals surface area contributed by atoms with Crippen LogP contribution < -0.4 is 4.74 Å². The van der Waals surface area contributed by atoms with Crippen molar-refractivity contribution >= 4 is 17.6 Å². The number of alkyl halides is 1. The van der Waals surface area contributed by atoms with Gasteiger partial charge in [0, 0.05) is 23.8 Å². The minimum atomic E-state index is -0.380. The quantitative estimate of drug-likeness (QED) is 0.465. The van der Waals surface area contributed by atoms with Crippen molar-refractivity contribution in [2.45, 2.75) is 6.42 Å². The highest BCUT2D eigenvalue weighted by atomic mass is 35.5. The van der Waals surface area contributed by atoms with Crippen molar-refractivity contribution in [3.05, 3.63) is 48.3 Å². The molecule has 0 aliphatic rings. The van der Waals surface area contributed by atoms with Crippen LogP contribution in [-0.4, -0.2) is 30.5 Å². The first kappa shape index (κ1) is 15.3. The zero-order chi connectivity index (χ0) is 15.1. The van der Waals surface area contributed by atoms with E-state index in [1.54, 1.807) is 18.5 Å². The van der Waals surface area contributed by atoms with Crippen molar-refractivity contribution in [2.75, 3.05) is 19.6 Å². The minimum absolute atomic E-state index is 0.380. The van der Waals surface area contributed by atoms with Gasteiger partial charge in [-0.25, -0.2) is 4.79 Å². The van der Waals surface area contributed by atoms with Crippen molar-refractivity contribution in [2.24, 2.45) is 0 Å². The molecule has 0 aliphatic heterocycles. The molecule has 1 aromatic heterocycles. The van der Waals surface area contributed by atoms with Gasteiger partial charge in [0.15, 0.2) is 0 Å². The van der Waals surface area contributed by atoms with Crippen molar-refractivity contribution in [1.29, 1.82) is 0 Å². The third kappa shape index (κ3) is 3.95. The maximum Gasteiger partial charge on any atom is 0.338 e. The molecule has 5 heteroatoms. The molecule has 2 aromatic rings. The lowest BCUT2D eigenvalue weighted by Crippen LogP contribution is -2.04. The third-order valence-corrected chi connectivity index (χ3v) is 3.21. The lowest BCUT2D eigenvalue weighted by atomic mass is 10.0. The highest BCUT2D eigenvalue weighted by molar-refractivity contribution is 6.17. The molecular weight excluding hydrogens is 290 g/mol. The van der Waals surface area contributed by atoms with Gasteiger partial charge in [0.25, 0.3) is 0 Å². The summed E-state index contributed by atoms with van der Waals surface area (Å²) in [7, 11) is 1.36. The van der Waals surface area contributed by atoms with E-state index in [1.807, 2.05) is 24.3 Å². The Morgan fingerprint density at radius 1 is 1.24 bits per heavy atom. The van der Waals surface area contributed by atoms with E-state index in [0.717, 1.165) is 23.3 Å². The molecule has 2 rings (SSSR count). The van der Waals surface area contributed by atoms with E-state index >= 15 is 0 Å². The Kier molecular flexibility index (Phi) is 5.58. The number of esters is 1. The van der Waals surface area contributed by atoms with Crippen LogP contribution in [0.1, 0.15) is 16.8 Å². The number of hydrogen-bond donors (Lipinski definition) is 0.